The average molecular weight is 447 g/mol. The predicted octanol–water partition coefficient (Wildman–Crippen LogP) is 4.37. The first-order valence-corrected chi connectivity index (χ1v) is 9.58. The second-order valence-corrected chi connectivity index (χ2v) is 7.45. The number of carbonyl (C=O) groups excluding carboxylic acids is 1. The van der Waals surface area contributed by atoms with Gasteiger partial charge in [0.15, 0.2) is 5.11 Å². The average Bonchev–Trinajstić information content (AvgIpc) is 2.69. The number of nitro benzene ring substituents is 1. The lowest BCUT2D eigenvalue weighted by Crippen LogP contribution is -2.48. The molecule has 3 rings (SSSR count). The van der Waals surface area contributed by atoms with Crippen LogP contribution in [0.2, 0.25) is 0 Å². The number of anilines is 1. The van der Waals surface area contributed by atoms with Crippen LogP contribution in [0.1, 0.15) is 29.7 Å². The number of nitrogens with zero attached hydrogens (tertiary/aromatic N) is 2. The van der Waals surface area contributed by atoms with Gasteiger partial charge in [-0.3, -0.25) is 15.0 Å². The van der Waals surface area contributed by atoms with Crippen molar-refractivity contribution in [1.82, 2.24) is 5.32 Å². The summed E-state index contributed by atoms with van der Waals surface area (Å²) in [6.45, 7) is 5.49. The molecule has 0 bridgehead atoms. The number of thiocarbonyl (C=S) groups is 1. The molecule has 0 aromatic heterocycles. The number of hydrogen-bond donors (Lipinski definition) is 1. The maximum Gasteiger partial charge on any atom is 0.337 e. The van der Waals surface area contributed by atoms with Gasteiger partial charge in [-0.25, -0.2) is 9.18 Å². The number of halogens is 2. The number of rotatable bonds is 4. The number of benzene rings is 2. The van der Waals surface area contributed by atoms with Crippen LogP contribution in [0.25, 0.3) is 0 Å². The molecule has 31 heavy (non-hydrogen) atoms. The van der Waals surface area contributed by atoms with Crippen LogP contribution in [0.15, 0.2) is 41.6 Å². The lowest BCUT2D eigenvalue weighted by atomic mass is 9.93. The Morgan fingerprint density at radius 1 is 1.16 bits per heavy atom. The third-order valence-corrected chi connectivity index (χ3v) is 5.51. The van der Waals surface area contributed by atoms with Crippen LogP contribution in [-0.4, -0.2) is 23.1 Å². The Balaban J connectivity index is 2.22. The standard InChI is InChI=1S/C21H19F2N3O4S/c1-10-5-6-13(7-11(10)2)25-12(3)18(20(27)30-4)19(24-21(25)31)14-8-17(26(28)29)16(23)9-15(14)22/h5-9,19H,1-4H3,(H,24,31)/t19-/m1/s1. The molecule has 2 aromatic rings. The van der Waals surface area contributed by atoms with Crippen molar-refractivity contribution < 1.29 is 23.2 Å². The Morgan fingerprint density at radius 2 is 1.84 bits per heavy atom. The topological polar surface area (TPSA) is 84.7 Å². The maximum absolute atomic E-state index is 14.7. The van der Waals surface area contributed by atoms with Gasteiger partial charge in [0.25, 0.3) is 0 Å². The molecule has 0 unspecified atom stereocenters. The fraction of sp³-hybridized carbons (Fsp3) is 0.238. The third-order valence-electron chi connectivity index (χ3n) is 5.21. The second-order valence-electron chi connectivity index (χ2n) is 7.06. The molecule has 1 aliphatic rings. The van der Waals surface area contributed by atoms with E-state index in [0.29, 0.717) is 17.5 Å². The Bertz CT molecular complexity index is 1150. The van der Waals surface area contributed by atoms with Gasteiger partial charge in [0.1, 0.15) is 5.82 Å². The second kappa shape index (κ2) is 8.38. The van der Waals surface area contributed by atoms with E-state index < -0.39 is 34.3 Å². The Hall–Kier alpha value is -3.40. The zero-order chi connectivity index (χ0) is 23.0. The summed E-state index contributed by atoms with van der Waals surface area (Å²) in [7, 11) is 1.16. The molecule has 1 atom stereocenters. The van der Waals surface area contributed by atoms with E-state index in [9.17, 15) is 23.7 Å². The Kier molecular flexibility index (Phi) is 6.03. The molecule has 1 aliphatic heterocycles. The number of hydrogen-bond acceptors (Lipinski definition) is 5. The number of ether oxygens (including phenoxy) is 1. The normalized spacial score (nSPS) is 16.3. The van der Waals surface area contributed by atoms with Crippen LogP contribution in [0.4, 0.5) is 20.2 Å². The van der Waals surface area contributed by atoms with Crippen molar-refractivity contribution in [1.29, 1.82) is 0 Å². The van der Waals surface area contributed by atoms with Crippen molar-refractivity contribution in [3.8, 4) is 0 Å². The van der Waals surface area contributed by atoms with Crippen LogP contribution < -0.4 is 10.2 Å². The van der Waals surface area contributed by atoms with E-state index in [2.05, 4.69) is 5.32 Å². The number of nitrogens with one attached hydrogen (secondary N) is 1. The van der Waals surface area contributed by atoms with Crippen molar-refractivity contribution >= 4 is 34.7 Å². The Labute approximate surface area is 182 Å². The van der Waals surface area contributed by atoms with Gasteiger partial charge >= 0.3 is 11.7 Å². The largest absolute Gasteiger partial charge is 0.466 e. The van der Waals surface area contributed by atoms with Crippen molar-refractivity contribution in [2.24, 2.45) is 0 Å². The summed E-state index contributed by atoms with van der Waals surface area (Å²) in [6.07, 6.45) is 0. The Morgan fingerprint density at radius 3 is 2.42 bits per heavy atom. The molecule has 0 fully saturated rings. The first-order valence-electron chi connectivity index (χ1n) is 9.17. The molecule has 2 aromatic carbocycles. The lowest BCUT2D eigenvalue weighted by molar-refractivity contribution is -0.387. The summed E-state index contributed by atoms with van der Waals surface area (Å²) in [5.41, 5.74) is 1.87. The molecule has 0 radical (unpaired) electrons. The molecule has 0 saturated heterocycles. The number of carbonyl (C=O) groups is 1. The minimum atomic E-state index is -1.32. The zero-order valence-corrected chi connectivity index (χ0v) is 18.0. The molecule has 10 heteroatoms. The van der Waals surface area contributed by atoms with E-state index in [0.717, 1.165) is 24.3 Å². The molecule has 162 valence electrons. The lowest BCUT2D eigenvalue weighted by Gasteiger charge is -2.37. The van der Waals surface area contributed by atoms with Crippen molar-refractivity contribution in [2.45, 2.75) is 26.8 Å². The summed E-state index contributed by atoms with van der Waals surface area (Å²) < 4.78 is 33.4. The zero-order valence-electron chi connectivity index (χ0n) is 17.2. The van der Waals surface area contributed by atoms with E-state index >= 15 is 0 Å². The summed E-state index contributed by atoms with van der Waals surface area (Å²) >= 11 is 5.47. The van der Waals surface area contributed by atoms with Gasteiger partial charge in [0, 0.05) is 29.1 Å². The fourth-order valence-electron chi connectivity index (χ4n) is 3.44. The van der Waals surface area contributed by atoms with Crippen LogP contribution >= 0.6 is 12.2 Å². The minimum absolute atomic E-state index is 0.00543. The summed E-state index contributed by atoms with van der Waals surface area (Å²) in [5.74, 6) is -3.16. The highest BCUT2D eigenvalue weighted by molar-refractivity contribution is 7.80. The van der Waals surface area contributed by atoms with E-state index in [1.165, 1.54) is 0 Å². The van der Waals surface area contributed by atoms with Gasteiger partial charge in [-0.15, -0.1) is 0 Å². The van der Waals surface area contributed by atoms with Crippen molar-refractivity contribution in [3.05, 3.63) is 80.0 Å². The first kappa shape index (κ1) is 22.3. The van der Waals surface area contributed by atoms with E-state index in [1.54, 1.807) is 11.8 Å². The van der Waals surface area contributed by atoms with E-state index in [4.69, 9.17) is 17.0 Å². The monoisotopic (exact) mass is 447 g/mol. The molecular formula is C21H19F2N3O4S. The molecule has 0 aliphatic carbocycles. The van der Waals surface area contributed by atoms with E-state index in [-0.39, 0.29) is 16.2 Å². The molecular weight excluding hydrogens is 428 g/mol. The third kappa shape index (κ3) is 3.98. The van der Waals surface area contributed by atoms with Crippen LogP contribution in [-0.2, 0) is 9.53 Å². The summed E-state index contributed by atoms with van der Waals surface area (Å²) in [4.78, 5) is 24.4. The van der Waals surface area contributed by atoms with Gasteiger partial charge in [0.05, 0.1) is 23.6 Å². The van der Waals surface area contributed by atoms with Gasteiger partial charge in [0.2, 0.25) is 5.82 Å². The molecule has 0 spiro atoms. The molecule has 7 nitrogen and oxygen atoms in total. The summed E-state index contributed by atoms with van der Waals surface area (Å²) in [6, 6.07) is 5.56. The van der Waals surface area contributed by atoms with E-state index in [1.807, 2.05) is 32.0 Å². The number of aryl methyl sites for hydroxylation is 2. The first-order chi connectivity index (χ1) is 14.6. The number of esters is 1. The minimum Gasteiger partial charge on any atom is -0.466 e. The highest BCUT2D eigenvalue weighted by Gasteiger charge is 2.37. The number of methoxy groups -OCH3 is 1. The molecule has 1 N–H and O–H groups in total. The number of nitro groups is 1. The quantitative estimate of drug-likeness (QED) is 0.322. The molecule has 1 heterocycles. The van der Waals surface area contributed by atoms with Crippen molar-refractivity contribution in [2.75, 3.05) is 12.0 Å². The highest BCUT2D eigenvalue weighted by Crippen LogP contribution is 2.37. The van der Waals surface area contributed by atoms with Crippen LogP contribution in [0, 0.1) is 35.6 Å². The van der Waals surface area contributed by atoms with Gasteiger partial charge in [-0.2, -0.15) is 4.39 Å². The number of allylic oxidation sites excluding steroid dienone is 1. The highest BCUT2D eigenvalue weighted by atomic mass is 32.1. The van der Waals surface area contributed by atoms with Crippen LogP contribution in [0.5, 0.6) is 0 Å². The van der Waals surface area contributed by atoms with Gasteiger partial charge < -0.3 is 10.1 Å². The summed E-state index contributed by atoms with van der Waals surface area (Å²) in [5, 5.41) is 14.1. The maximum atomic E-state index is 14.7. The van der Waals surface area contributed by atoms with Crippen molar-refractivity contribution in [3.63, 3.8) is 0 Å². The molecule has 0 amide bonds. The smallest absolute Gasteiger partial charge is 0.337 e. The SMILES string of the molecule is COC(=O)C1=C(C)N(c2ccc(C)c(C)c2)C(=S)N[C@@H]1c1cc([N+](=O)[O-])c(F)cc1F. The predicted molar refractivity (Wildman–Crippen MR) is 115 cm³/mol. The fourth-order valence-corrected chi connectivity index (χ4v) is 3.80. The molecule has 0 saturated carbocycles. The van der Waals surface area contributed by atoms with Gasteiger partial charge in [-0.1, -0.05) is 6.07 Å². The van der Waals surface area contributed by atoms with Gasteiger partial charge in [-0.05, 0) is 56.2 Å². The van der Waals surface area contributed by atoms with Crippen LogP contribution in [0.3, 0.4) is 0 Å².